The molecule has 0 aliphatic rings. The van der Waals surface area contributed by atoms with Crippen LogP contribution in [0.15, 0.2) is 6.07 Å². The van der Waals surface area contributed by atoms with Gasteiger partial charge in [-0.2, -0.15) is 0 Å². The second-order valence-electron chi connectivity index (χ2n) is 2.54. The van der Waals surface area contributed by atoms with Crippen LogP contribution in [0.3, 0.4) is 0 Å². The van der Waals surface area contributed by atoms with Gasteiger partial charge in [0.05, 0.1) is 13.2 Å². The Morgan fingerprint density at radius 1 is 1.79 bits per heavy atom. The smallest absolute Gasteiger partial charge is 0.287 e. The highest BCUT2D eigenvalue weighted by atomic mass is 32.1. The second kappa shape index (κ2) is 5.04. The van der Waals surface area contributed by atoms with E-state index in [4.69, 9.17) is 5.11 Å². The number of hydroxylamine groups is 1. The lowest BCUT2D eigenvalue weighted by molar-refractivity contribution is 0.0169. The van der Waals surface area contributed by atoms with Crippen LogP contribution < -0.4 is 5.48 Å². The van der Waals surface area contributed by atoms with E-state index in [-0.39, 0.29) is 18.1 Å². The minimum Gasteiger partial charge on any atom is -0.394 e. The number of aliphatic hydroxyl groups excluding tert-OH is 1. The molecule has 0 saturated heterocycles. The monoisotopic (exact) mass is 219 g/mol. The average molecular weight is 219 g/mol. The van der Waals surface area contributed by atoms with E-state index in [1.54, 1.807) is 6.92 Å². The van der Waals surface area contributed by atoms with E-state index in [1.165, 1.54) is 6.07 Å². The quantitative estimate of drug-likeness (QED) is 0.583. The third-order valence-corrected chi connectivity index (χ3v) is 2.40. The molecule has 1 rings (SSSR count). The van der Waals surface area contributed by atoms with Crippen molar-refractivity contribution in [3.05, 3.63) is 21.6 Å². The summed E-state index contributed by atoms with van der Waals surface area (Å²) < 4.78 is 13.0. The van der Waals surface area contributed by atoms with E-state index in [2.05, 4.69) is 4.84 Å². The summed E-state index contributed by atoms with van der Waals surface area (Å²) in [5.74, 6) is -1.19. The fourth-order valence-corrected chi connectivity index (χ4v) is 1.62. The Hall–Kier alpha value is -0.980. The van der Waals surface area contributed by atoms with Gasteiger partial charge in [0.25, 0.3) is 5.91 Å². The van der Waals surface area contributed by atoms with Crippen molar-refractivity contribution >= 4 is 17.2 Å². The molecule has 1 aromatic rings. The Morgan fingerprint density at radius 3 is 3.00 bits per heavy atom. The van der Waals surface area contributed by atoms with Crippen molar-refractivity contribution in [2.75, 3.05) is 13.2 Å². The average Bonchev–Trinajstić information content (AvgIpc) is 2.45. The molecule has 0 bridgehead atoms. The molecule has 4 nitrogen and oxygen atoms in total. The zero-order chi connectivity index (χ0) is 10.6. The number of thiophene rings is 1. The van der Waals surface area contributed by atoms with Gasteiger partial charge >= 0.3 is 0 Å². The Bertz CT molecular complexity index is 326. The topological polar surface area (TPSA) is 58.6 Å². The summed E-state index contributed by atoms with van der Waals surface area (Å²) in [5.41, 5.74) is 2.03. The van der Waals surface area contributed by atoms with Crippen LogP contribution in [0.5, 0.6) is 0 Å². The molecule has 78 valence electrons. The van der Waals surface area contributed by atoms with E-state index < -0.39 is 11.7 Å². The second-order valence-corrected chi connectivity index (χ2v) is 3.79. The summed E-state index contributed by atoms with van der Waals surface area (Å²) in [5, 5.41) is 8.36. The number of hydrogen-bond donors (Lipinski definition) is 2. The number of carbonyl (C=O) groups is 1. The van der Waals surface area contributed by atoms with Crippen molar-refractivity contribution in [2.45, 2.75) is 6.92 Å². The van der Waals surface area contributed by atoms with Crippen LogP contribution in [-0.2, 0) is 4.84 Å². The molecule has 2 N–H and O–H groups in total. The molecule has 6 heteroatoms. The molecule has 1 amide bonds. The van der Waals surface area contributed by atoms with Gasteiger partial charge in [-0.1, -0.05) is 0 Å². The van der Waals surface area contributed by atoms with Gasteiger partial charge in [0.1, 0.15) is 10.7 Å². The highest BCUT2D eigenvalue weighted by Gasteiger charge is 2.14. The Morgan fingerprint density at radius 2 is 2.50 bits per heavy atom. The highest BCUT2D eigenvalue weighted by Crippen LogP contribution is 2.19. The van der Waals surface area contributed by atoms with Crippen molar-refractivity contribution in [1.29, 1.82) is 0 Å². The molecular formula is C8H10FNO3S. The van der Waals surface area contributed by atoms with Gasteiger partial charge in [-0.15, -0.1) is 11.3 Å². The molecule has 1 aromatic heterocycles. The molecular weight excluding hydrogens is 209 g/mol. The Kier molecular flexibility index (Phi) is 3.99. The maximum atomic E-state index is 13.0. The largest absolute Gasteiger partial charge is 0.394 e. The molecule has 0 radical (unpaired) electrons. The molecule has 1 heterocycles. The number of rotatable bonds is 4. The van der Waals surface area contributed by atoms with Crippen molar-refractivity contribution in [1.82, 2.24) is 5.48 Å². The lowest BCUT2D eigenvalue weighted by Crippen LogP contribution is -2.24. The number of amides is 1. The molecule has 0 saturated carbocycles. The number of aliphatic hydroxyl groups is 1. The van der Waals surface area contributed by atoms with Gasteiger partial charge in [-0.25, -0.2) is 9.87 Å². The SMILES string of the molecule is Cc1cc(F)c(C(=O)NOCCO)s1. The molecule has 0 aliphatic carbocycles. The summed E-state index contributed by atoms with van der Waals surface area (Å²) in [4.78, 5) is 16.5. The first kappa shape index (κ1) is 11.1. The molecule has 0 fully saturated rings. The van der Waals surface area contributed by atoms with Crippen molar-refractivity contribution in [3.63, 3.8) is 0 Å². The van der Waals surface area contributed by atoms with Crippen molar-refractivity contribution in [2.24, 2.45) is 0 Å². The Labute approximate surface area is 84.3 Å². The van der Waals surface area contributed by atoms with Crippen LogP contribution in [-0.4, -0.2) is 24.2 Å². The predicted molar refractivity (Wildman–Crippen MR) is 49.5 cm³/mol. The summed E-state index contributed by atoms with van der Waals surface area (Å²) in [7, 11) is 0. The molecule has 0 atom stereocenters. The lowest BCUT2D eigenvalue weighted by atomic mass is 10.4. The van der Waals surface area contributed by atoms with Gasteiger partial charge in [-0.05, 0) is 13.0 Å². The first-order chi connectivity index (χ1) is 6.65. The number of halogens is 1. The molecule has 0 aromatic carbocycles. The van der Waals surface area contributed by atoms with Gasteiger partial charge in [0, 0.05) is 4.88 Å². The molecule has 0 unspecified atom stereocenters. The van der Waals surface area contributed by atoms with E-state index in [0.29, 0.717) is 0 Å². The number of nitrogens with one attached hydrogen (secondary N) is 1. The fraction of sp³-hybridized carbons (Fsp3) is 0.375. The van der Waals surface area contributed by atoms with Gasteiger partial charge < -0.3 is 5.11 Å². The van der Waals surface area contributed by atoms with E-state index >= 15 is 0 Å². The van der Waals surface area contributed by atoms with E-state index in [9.17, 15) is 9.18 Å². The lowest BCUT2D eigenvalue weighted by Gasteiger charge is -2.01. The number of hydrogen-bond acceptors (Lipinski definition) is 4. The first-order valence-corrected chi connectivity index (χ1v) is 4.75. The van der Waals surface area contributed by atoms with Gasteiger partial charge in [0.15, 0.2) is 0 Å². The Balaban J connectivity index is 2.56. The number of aryl methyl sites for hydroxylation is 1. The summed E-state index contributed by atoms with van der Waals surface area (Å²) in [6, 6.07) is 1.28. The third kappa shape index (κ3) is 2.76. The summed E-state index contributed by atoms with van der Waals surface area (Å²) >= 11 is 1.05. The van der Waals surface area contributed by atoms with Crippen LogP contribution in [0.4, 0.5) is 4.39 Å². The minimum atomic E-state index is -0.631. The van der Waals surface area contributed by atoms with Crippen LogP contribution in [0.2, 0.25) is 0 Å². The summed E-state index contributed by atoms with van der Waals surface area (Å²) in [6.45, 7) is 1.49. The van der Waals surface area contributed by atoms with Crippen LogP contribution >= 0.6 is 11.3 Å². The fourth-order valence-electron chi connectivity index (χ4n) is 0.847. The van der Waals surface area contributed by atoms with Crippen LogP contribution in [0.1, 0.15) is 14.5 Å². The zero-order valence-corrected chi connectivity index (χ0v) is 8.36. The summed E-state index contributed by atoms with van der Waals surface area (Å²) in [6.07, 6.45) is 0. The maximum absolute atomic E-state index is 13.0. The van der Waals surface area contributed by atoms with E-state index in [0.717, 1.165) is 16.2 Å². The normalized spacial score (nSPS) is 10.2. The van der Waals surface area contributed by atoms with Gasteiger partial charge in [0.2, 0.25) is 0 Å². The minimum absolute atomic E-state index is 0.0135. The van der Waals surface area contributed by atoms with Gasteiger partial charge in [-0.3, -0.25) is 9.63 Å². The highest BCUT2D eigenvalue weighted by molar-refractivity contribution is 7.14. The van der Waals surface area contributed by atoms with Crippen molar-refractivity contribution in [3.8, 4) is 0 Å². The predicted octanol–water partition coefficient (Wildman–Crippen LogP) is 0.849. The van der Waals surface area contributed by atoms with Crippen LogP contribution in [0.25, 0.3) is 0 Å². The maximum Gasteiger partial charge on any atom is 0.287 e. The standard InChI is InChI=1S/C8H10FNO3S/c1-5-4-6(9)7(14-5)8(12)10-13-3-2-11/h4,11H,2-3H2,1H3,(H,10,12). The van der Waals surface area contributed by atoms with Crippen LogP contribution in [0, 0.1) is 12.7 Å². The molecule has 0 aliphatic heterocycles. The third-order valence-electron chi connectivity index (χ3n) is 1.37. The van der Waals surface area contributed by atoms with Crippen molar-refractivity contribution < 1.29 is 19.1 Å². The van der Waals surface area contributed by atoms with E-state index in [1.807, 2.05) is 5.48 Å². The molecule has 0 spiro atoms. The first-order valence-electron chi connectivity index (χ1n) is 3.94. The zero-order valence-electron chi connectivity index (χ0n) is 7.54. The number of carbonyl (C=O) groups excluding carboxylic acids is 1. The molecule has 14 heavy (non-hydrogen) atoms.